The van der Waals surface area contributed by atoms with Gasteiger partial charge >= 0.3 is 0 Å². The first-order valence-electron chi connectivity index (χ1n) is 7.18. The van der Waals surface area contributed by atoms with Crippen LogP contribution in [0.4, 0.5) is 14.5 Å². The lowest BCUT2D eigenvalue weighted by Gasteiger charge is -2.11. The molecule has 1 N–H and O–H groups in total. The number of halogens is 3. The summed E-state index contributed by atoms with van der Waals surface area (Å²) in [4.78, 5) is 16.5. The molecule has 0 spiro atoms. The SMILES string of the molecule is O=C(Nc1ccc(F)cc1F)c1cccnc1Oc1cccc(Br)c1. The Morgan fingerprint density at radius 2 is 1.92 bits per heavy atom. The second-order valence-electron chi connectivity index (χ2n) is 4.99. The lowest BCUT2D eigenvalue weighted by molar-refractivity contribution is 0.102. The number of benzene rings is 2. The molecule has 4 nitrogen and oxygen atoms in total. The van der Waals surface area contributed by atoms with Gasteiger partial charge in [0, 0.05) is 16.7 Å². The number of anilines is 1. The number of carbonyl (C=O) groups excluding carboxylic acids is 1. The molecule has 0 saturated heterocycles. The third-order valence-corrected chi connectivity index (χ3v) is 3.70. The van der Waals surface area contributed by atoms with E-state index in [1.165, 1.54) is 12.3 Å². The molecule has 0 bridgehead atoms. The van der Waals surface area contributed by atoms with Crippen LogP contribution in [0.5, 0.6) is 11.6 Å². The van der Waals surface area contributed by atoms with Gasteiger partial charge in [0.2, 0.25) is 5.88 Å². The fourth-order valence-electron chi connectivity index (χ4n) is 2.07. The fraction of sp³-hybridized carbons (Fsp3) is 0. The number of rotatable bonds is 4. The Morgan fingerprint density at radius 1 is 1.08 bits per heavy atom. The molecular weight excluding hydrogens is 394 g/mol. The Kier molecular flexibility index (Phi) is 5.04. The number of nitrogens with one attached hydrogen (secondary N) is 1. The standard InChI is InChI=1S/C18H11BrF2N2O2/c19-11-3-1-4-13(9-11)25-18-14(5-2-8-22-18)17(24)23-16-7-6-12(20)10-15(16)21/h1-10H,(H,23,24). The maximum absolute atomic E-state index is 13.7. The topological polar surface area (TPSA) is 51.2 Å². The number of pyridine rings is 1. The van der Waals surface area contributed by atoms with Crippen LogP contribution in [0.3, 0.4) is 0 Å². The van der Waals surface area contributed by atoms with E-state index in [9.17, 15) is 13.6 Å². The highest BCUT2D eigenvalue weighted by Crippen LogP contribution is 2.26. The average Bonchev–Trinajstić information content (AvgIpc) is 2.58. The van der Waals surface area contributed by atoms with Crippen LogP contribution >= 0.6 is 15.9 Å². The van der Waals surface area contributed by atoms with Crippen molar-refractivity contribution < 1.29 is 18.3 Å². The van der Waals surface area contributed by atoms with Gasteiger partial charge < -0.3 is 10.1 Å². The van der Waals surface area contributed by atoms with Gasteiger partial charge in [0.25, 0.3) is 5.91 Å². The molecule has 0 aliphatic rings. The van der Waals surface area contributed by atoms with Crippen molar-refractivity contribution in [3.63, 3.8) is 0 Å². The van der Waals surface area contributed by atoms with E-state index in [1.807, 2.05) is 6.07 Å². The van der Waals surface area contributed by atoms with Crippen molar-refractivity contribution in [2.45, 2.75) is 0 Å². The van der Waals surface area contributed by atoms with Crippen molar-refractivity contribution in [2.75, 3.05) is 5.32 Å². The van der Waals surface area contributed by atoms with Gasteiger partial charge in [-0.15, -0.1) is 0 Å². The van der Waals surface area contributed by atoms with Crippen LogP contribution in [0.15, 0.2) is 65.3 Å². The van der Waals surface area contributed by atoms with Gasteiger partial charge in [-0.3, -0.25) is 4.79 Å². The number of carbonyl (C=O) groups is 1. The molecule has 2 aromatic carbocycles. The lowest BCUT2D eigenvalue weighted by atomic mass is 10.2. The quantitative estimate of drug-likeness (QED) is 0.652. The van der Waals surface area contributed by atoms with Crippen LogP contribution in [-0.4, -0.2) is 10.9 Å². The Bertz CT molecular complexity index is 934. The summed E-state index contributed by atoms with van der Waals surface area (Å²) in [6, 6.07) is 13.0. The second kappa shape index (κ2) is 7.40. The van der Waals surface area contributed by atoms with E-state index < -0.39 is 17.5 Å². The summed E-state index contributed by atoms with van der Waals surface area (Å²) in [6.07, 6.45) is 1.47. The minimum absolute atomic E-state index is 0.0700. The molecule has 7 heteroatoms. The summed E-state index contributed by atoms with van der Waals surface area (Å²) in [6.45, 7) is 0. The molecule has 25 heavy (non-hydrogen) atoms. The van der Waals surface area contributed by atoms with Crippen molar-refractivity contribution in [1.29, 1.82) is 0 Å². The molecule has 1 aromatic heterocycles. The summed E-state index contributed by atoms with van der Waals surface area (Å²) < 4.78 is 33.1. The highest BCUT2D eigenvalue weighted by atomic mass is 79.9. The lowest BCUT2D eigenvalue weighted by Crippen LogP contribution is -2.14. The predicted octanol–water partition coefficient (Wildman–Crippen LogP) is 5.17. The number of ether oxygens (including phenoxy) is 1. The molecule has 1 amide bonds. The summed E-state index contributed by atoms with van der Waals surface area (Å²) in [7, 11) is 0. The first-order valence-corrected chi connectivity index (χ1v) is 7.97. The smallest absolute Gasteiger partial charge is 0.261 e. The largest absolute Gasteiger partial charge is 0.438 e. The van der Waals surface area contributed by atoms with Gasteiger partial charge in [-0.1, -0.05) is 22.0 Å². The van der Waals surface area contributed by atoms with Gasteiger partial charge in [-0.05, 0) is 42.5 Å². The summed E-state index contributed by atoms with van der Waals surface area (Å²) >= 11 is 3.33. The molecule has 0 aliphatic heterocycles. The highest BCUT2D eigenvalue weighted by Gasteiger charge is 2.16. The molecule has 0 saturated carbocycles. The van der Waals surface area contributed by atoms with Crippen molar-refractivity contribution in [3.05, 3.63) is 82.5 Å². The van der Waals surface area contributed by atoms with Gasteiger partial charge in [-0.25, -0.2) is 13.8 Å². The van der Waals surface area contributed by atoms with Gasteiger partial charge in [0.15, 0.2) is 0 Å². The zero-order chi connectivity index (χ0) is 17.8. The number of nitrogens with zero attached hydrogens (tertiary/aromatic N) is 1. The Balaban J connectivity index is 1.85. The highest BCUT2D eigenvalue weighted by molar-refractivity contribution is 9.10. The summed E-state index contributed by atoms with van der Waals surface area (Å²) in [5.41, 5.74) is -0.0186. The first-order chi connectivity index (χ1) is 12.0. The third-order valence-electron chi connectivity index (χ3n) is 3.21. The Labute approximate surface area is 150 Å². The molecule has 0 fully saturated rings. The van der Waals surface area contributed by atoms with E-state index in [1.54, 1.807) is 24.3 Å². The van der Waals surface area contributed by atoms with Crippen LogP contribution < -0.4 is 10.1 Å². The fourth-order valence-corrected chi connectivity index (χ4v) is 2.45. The van der Waals surface area contributed by atoms with Crippen LogP contribution in [0.25, 0.3) is 0 Å². The van der Waals surface area contributed by atoms with E-state index in [0.29, 0.717) is 11.8 Å². The van der Waals surface area contributed by atoms with Crippen LogP contribution in [0, 0.1) is 11.6 Å². The van der Waals surface area contributed by atoms with Gasteiger partial charge in [-0.2, -0.15) is 0 Å². The maximum atomic E-state index is 13.7. The van der Waals surface area contributed by atoms with Crippen LogP contribution in [0.1, 0.15) is 10.4 Å². The molecule has 1 heterocycles. The normalized spacial score (nSPS) is 10.4. The van der Waals surface area contributed by atoms with E-state index >= 15 is 0 Å². The Hall–Kier alpha value is -2.80. The number of amides is 1. The molecule has 0 atom stereocenters. The van der Waals surface area contributed by atoms with Crippen LogP contribution in [-0.2, 0) is 0 Å². The van der Waals surface area contributed by atoms with E-state index in [2.05, 4.69) is 26.2 Å². The van der Waals surface area contributed by atoms with E-state index in [0.717, 1.165) is 16.6 Å². The van der Waals surface area contributed by atoms with Crippen LogP contribution in [0.2, 0.25) is 0 Å². The van der Waals surface area contributed by atoms with Crippen molar-refractivity contribution in [3.8, 4) is 11.6 Å². The monoisotopic (exact) mass is 404 g/mol. The third kappa shape index (κ3) is 4.19. The van der Waals surface area contributed by atoms with Gasteiger partial charge in [0.05, 0.1) is 5.69 Å². The zero-order valence-electron chi connectivity index (χ0n) is 12.7. The maximum Gasteiger partial charge on any atom is 0.261 e. The van der Waals surface area contributed by atoms with Crippen molar-refractivity contribution in [1.82, 2.24) is 4.98 Å². The molecular formula is C18H11BrF2N2O2. The summed E-state index contributed by atoms with van der Waals surface area (Å²) in [5.74, 6) is -1.67. The predicted molar refractivity (Wildman–Crippen MR) is 92.8 cm³/mol. The van der Waals surface area contributed by atoms with Crippen molar-refractivity contribution >= 4 is 27.5 Å². The average molecular weight is 405 g/mol. The minimum Gasteiger partial charge on any atom is -0.438 e. The molecule has 126 valence electrons. The zero-order valence-corrected chi connectivity index (χ0v) is 14.3. The van der Waals surface area contributed by atoms with E-state index in [4.69, 9.17) is 4.74 Å². The minimum atomic E-state index is -0.869. The first kappa shape index (κ1) is 17.0. The van der Waals surface area contributed by atoms with E-state index in [-0.39, 0.29) is 17.1 Å². The summed E-state index contributed by atoms with van der Waals surface area (Å²) in [5, 5.41) is 2.38. The number of hydrogen-bond donors (Lipinski definition) is 1. The molecule has 3 rings (SSSR count). The molecule has 0 radical (unpaired) electrons. The number of aromatic nitrogens is 1. The number of hydrogen-bond acceptors (Lipinski definition) is 3. The van der Waals surface area contributed by atoms with Gasteiger partial charge in [0.1, 0.15) is 22.9 Å². The van der Waals surface area contributed by atoms with Crippen molar-refractivity contribution in [2.24, 2.45) is 0 Å². The molecule has 3 aromatic rings. The molecule has 0 unspecified atom stereocenters. The molecule has 0 aliphatic carbocycles. The Morgan fingerprint density at radius 3 is 2.68 bits per heavy atom. The second-order valence-corrected chi connectivity index (χ2v) is 5.91.